The molecule has 1 saturated carbocycles. The minimum atomic E-state index is 0.136. The SMILES string of the molecule is C[C@@H]1CC=C[C@](C)([C@@H]2CCC[C@H](Cc3cc(O)cc(CCO)c3)C2)C1. The van der Waals surface area contributed by atoms with Crippen molar-refractivity contribution in [1.82, 2.24) is 0 Å². The summed E-state index contributed by atoms with van der Waals surface area (Å²) in [6, 6.07) is 5.86. The molecule has 0 saturated heterocycles. The molecule has 2 nitrogen and oxygen atoms in total. The summed E-state index contributed by atoms with van der Waals surface area (Å²) in [6.07, 6.45) is 14.5. The zero-order valence-electron chi connectivity index (χ0n) is 15.9. The lowest BCUT2D eigenvalue weighted by Gasteiger charge is -2.43. The molecule has 0 radical (unpaired) electrons. The average Bonchev–Trinajstić information content (AvgIpc) is 2.54. The number of benzene rings is 1. The van der Waals surface area contributed by atoms with E-state index in [-0.39, 0.29) is 6.61 Å². The maximum Gasteiger partial charge on any atom is 0.116 e. The third kappa shape index (κ3) is 4.67. The van der Waals surface area contributed by atoms with Gasteiger partial charge in [0.15, 0.2) is 0 Å². The summed E-state index contributed by atoms with van der Waals surface area (Å²) < 4.78 is 0. The van der Waals surface area contributed by atoms with Gasteiger partial charge in [0.2, 0.25) is 0 Å². The number of phenolic OH excluding ortho intramolecular Hbond substituents is 1. The molecule has 2 heteroatoms. The number of aromatic hydroxyl groups is 1. The summed E-state index contributed by atoms with van der Waals surface area (Å²) in [7, 11) is 0. The summed E-state index contributed by atoms with van der Waals surface area (Å²) in [5.41, 5.74) is 2.64. The van der Waals surface area contributed by atoms with Crippen LogP contribution in [0.1, 0.15) is 63.5 Å². The number of hydrogen-bond acceptors (Lipinski definition) is 2. The van der Waals surface area contributed by atoms with Crippen molar-refractivity contribution in [2.24, 2.45) is 23.2 Å². The first-order valence-electron chi connectivity index (χ1n) is 10.1. The molecule has 0 bridgehead atoms. The topological polar surface area (TPSA) is 40.5 Å². The molecule has 0 amide bonds. The van der Waals surface area contributed by atoms with E-state index in [0.29, 0.717) is 23.5 Å². The second kappa shape index (κ2) is 7.95. The fraction of sp³-hybridized carbons (Fsp3) is 0.652. The lowest BCUT2D eigenvalue weighted by molar-refractivity contribution is 0.119. The summed E-state index contributed by atoms with van der Waals surface area (Å²) in [4.78, 5) is 0. The molecule has 3 rings (SSSR count). The number of aliphatic hydroxyl groups is 1. The first-order valence-corrected chi connectivity index (χ1v) is 10.1. The van der Waals surface area contributed by atoms with Crippen molar-refractivity contribution in [3.8, 4) is 5.75 Å². The lowest BCUT2D eigenvalue weighted by atomic mass is 9.61. The summed E-state index contributed by atoms with van der Waals surface area (Å²) >= 11 is 0. The largest absolute Gasteiger partial charge is 0.508 e. The number of aliphatic hydroxyl groups excluding tert-OH is 1. The van der Waals surface area contributed by atoms with Crippen LogP contribution in [0.15, 0.2) is 30.4 Å². The van der Waals surface area contributed by atoms with E-state index in [1.807, 2.05) is 6.07 Å². The minimum absolute atomic E-state index is 0.136. The van der Waals surface area contributed by atoms with E-state index in [0.717, 1.165) is 23.8 Å². The Morgan fingerprint density at radius 3 is 2.72 bits per heavy atom. The standard InChI is InChI=1S/C23H34O2/c1-17-5-4-9-23(2,16-17)21-7-3-6-18(13-21)11-20-12-19(8-10-24)14-22(25)15-20/h4,9,12,14-15,17-18,21,24-25H,3,5-8,10-11,13,16H2,1-2H3/t17-,18-,21-,23+/m1/s1. The van der Waals surface area contributed by atoms with Crippen molar-refractivity contribution >= 4 is 0 Å². The van der Waals surface area contributed by atoms with Crippen LogP contribution in [-0.4, -0.2) is 16.8 Å². The van der Waals surface area contributed by atoms with Gasteiger partial charge >= 0.3 is 0 Å². The monoisotopic (exact) mass is 342 g/mol. The van der Waals surface area contributed by atoms with Crippen LogP contribution in [0.2, 0.25) is 0 Å². The van der Waals surface area contributed by atoms with Crippen molar-refractivity contribution < 1.29 is 10.2 Å². The van der Waals surface area contributed by atoms with Gasteiger partial charge in [0, 0.05) is 6.61 Å². The first kappa shape index (κ1) is 18.5. The predicted octanol–water partition coefficient (Wildman–Crippen LogP) is 5.27. The Balaban J connectivity index is 1.68. The second-order valence-corrected chi connectivity index (χ2v) is 8.87. The van der Waals surface area contributed by atoms with Gasteiger partial charge in [0.05, 0.1) is 0 Å². The Bertz CT molecular complexity index is 606. The fourth-order valence-electron chi connectivity index (χ4n) is 5.32. The van der Waals surface area contributed by atoms with Crippen LogP contribution < -0.4 is 0 Å². The van der Waals surface area contributed by atoms with Gasteiger partial charge in [0.1, 0.15) is 5.75 Å². The van der Waals surface area contributed by atoms with E-state index in [1.54, 1.807) is 6.07 Å². The van der Waals surface area contributed by atoms with Gasteiger partial charge in [-0.2, -0.15) is 0 Å². The Morgan fingerprint density at radius 2 is 1.96 bits per heavy atom. The molecular formula is C23H34O2. The lowest BCUT2D eigenvalue weighted by Crippen LogP contribution is -2.33. The molecule has 2 aliphatic carbocycles. The van der Waals surface area contributed by atoms with Crippen LogP contribution in [0.3, 0.4) is 0 Å². The predicted molar refractivity (Wildman–Crippen MR) is 104 cm³/mol. The molecular weight excluding hydrogens is 308 g/mol. The van der Waals surface area contributed by atoms with Gasteiger partial charge in [-0.05, 0) is 85.0 Å². The van der Waals surface area contributed by atoms with Crippen molar-refractivity contribution in [3.05, 3.63) is 41.5 Å². The number of rotatable bonds is 5. The van der Waals surface area contributed by atoms with Gasteiger partial charge in [0.25, 0.3) is 0 Å². The summed E-state index contributed by atoms with van der Waals surface area (Å²) in [6.45, 7) is 4.99. The van der Waals surface area contributed by atoms with Crippen LogP contribution in [0.5, 0.6) is 5.75 Å². The van der Waals surface area contributed by atoms with Crippen LogP contribution in [0.4, 0.5) is 0 Å². The van der Waals surface area contributed by atoms with E-state index in [4.69, 9.17) is 5.11 Å². The highest BCUT2D eigenvalue weighted by molar-refractivity contribution is 5.34. The number of allylic oxidation sites excluding steroid dienone is 2. The van der Waals surface area contributed by atoms with Crippen LogP contribution in [0, 0.1) is 23.2 Å². The van der Waals surface area contributed by atoms with E-state index in [9.17, 15) is 5.11 Å². The Hall–Kier alpha value is -1.28. The van der Waals surface area contributed by atoms with E-state index in [1.165, 1.54) is 44.1 Å². The Kier molecular flexibility index (Phi) is 5.89. The van der Waals surface area contributed by atoms with Crippen molar-refractivity contribution in [3.63, 3.8) is 0 Å². The van der Waals surface area contributed by atoms with Crippen molar-refractivity contribution in [2.75, 3.05) is 6.61 Å². The van der Waals surface area contributed by atoms with Gasteiger partial charge in [-0.25, -0.2) is 0 Å². The fourth-order valence-corrected chi connectivity index (χ4v) is 5.32. The highest BCUT2D eigenvalue weighted by Crippen LogP contribution is 2.48. The number of hydrogen-bond donors (Lipinski definition) is 2. The molecule has 25 heavy (non-hydrogen) atoms. The van der Waals surface area contributed by atoms with Crippen molar-refractivity contribution in [2.45, 2.75) is 65.2 Å². The first-order chi connectivity index (χ1) is 12.0. The molecule has 0 unspecified atom stereocenters. The molecule has 1 aromatic carbocycles. The average molecular weight is 343 g/mol. The molecule has 0 aromatic heterocycles. The van der Waals surface area contributed by atoms with E-state index < -0.39 is 0 Å². The molecule has 0 heterocycles. The third-order valence-corrected chi connectivity index (χ3v) is 6.50. The summed E-state index contributed by atoms with van der Waals surface area (Å²) in [5, 5.41) is 19.1. The highest BCUT2D eigenvalue weighted by Gasteiger charge is 2.37. The van der Waals surface area contributed by atoms with E-state index >= 15 is 0 Å². The molecule has 1 fully saturated rings. The van der Waals surface area contributed by atoms with Gasteiger partial charge in [-0.1, -0.05) is 44.9 Å². The quantitative estimate of drug-likeness (QED) is 0.716. The van der Waals surface area contributed by atoms with Crippen LogP contribution in [-0.2, 0) is 12.8 Å². The maximum absolute atomic E-state index is 9.99. The maximum atomic E-state index is 9.99. The number of phenols is 1. The Labute approximate surface area is 153 Å². The Morgan fingerprint density at radius 1 is 1.16 bits per heavy atom. The van der Waals surface area contributed by atoms with Gasteiger partial charge in [-0.15, -0.1) is 0 Å². The molecule has 4 atom stereocenters. The smallest absolute Gasteiger partial charge is 0.116 e. The normalized spacial score (nSPS) is 32.7. The van der Waals surface area contributed by atoms with Crippen LogP contribution >= 0.6 is 0 Å². The highest BCUT2D eigenvalue weighted by atomic mass is 16.3. The zero-order valence-corrected chi connectivity index (χ0v) is 15.9. The van der Waals surface area contributed by atoms with Gasteiger partial charge in [-0.3, -0.25) is 0 Å². The molecule has 0 spiro atoms. The molecule has 2 aliphatic rings. The van der Waals surface area contributed by atoms with Crippen molar-refractivity contribution in [1.29, 1.82) is 0 Å². The molecule has 0 aliphatic heterocycles. The minimum Gasteiger partial charge on any atom is -0.508 e. The molecule has 138 valence electrons. The molecule has 1 aromatic rings. The van der Waals surface area contributed by atoms with Gasteiger partial charge < -0.3 is 10.2 Å². The van der Waals surface area contributed by atoms with E-state index in [2.05, 4.69) is 32.1 Å². The summed E-state index contributed by atoms with van der Waals surface area (Å²) in [5.74, 6) is 2.65. The zero-order chi connectivity index (χ0) is 17.9. The molecule has 2 N–H and O–H groups in total. The second-order valence-electron chi connectivity index (χ2n) is 8.87. The van der Waals surface area contributed by atoms with Crippen LogP contribution in [0.25, 0.3) is 0 Å². The third-order valence-electron chi connectivity index (χ3n) is 6.50.